The van der Waals surface area contributed by atoms with Crippen molar-refractivity contribution in [3.8, 4) is 45.8 Å². The average molecular weight is 1000 g/mol. The minimum absolute atomic E-state index is 0.381. The number of fused-ring (bicyclic) bond motifs is 20. The van der Waals surface area contributed by atoms with E-state index in [4.69, 9.17) is 8.83 Å². The Morgan fingerprint density at radius 3 is 1.20 bits per heavy atom. The van der Waals surface area contributed by atoms with Crippen LogP contribution in [0.4, 0.5) is 0 Å². The molecule has 0 bridgehead atoms. The molecule has 0 N–H and O–H groups in total. The highest BCUT2D eigenvalue weighted by Crippen LogP contribution is 2.53. The Hall–Kier alpha value is -9.96. The summed E-state index contributed by atoms with van der Waals surface area (Å²) in [4.78, 5) is 0. The number of nitrogens with zero attached hydrogens (tertiary/aromatic N) is 4. The van der Waals surface area contributed by atoms with Crippen molar-refractivity contribution in [3.05, 3.63) is 217 Å². The number of thiophene rings is 2. The second kappa shape index (κ2) is 15.3. The molecule has 0 amide bonds. The van der Waals surface area contributed by atoms with Crippen molar-refractivity contribution in [1.29, 1.82) is 10.5 Å². The number of benzene rings is 11. The van der Waals surface area contributed by atoms with E-state index >= 15 is 0 Å². The average Bonchev–Trinajstić information content (AvgIpc) is 4.47. The van der Waals surface area contributed by atoms with Gasteiger partial charge in [0.1, 0.15) is 34.5 Å². The van der Waals surface area contributed by atoms with Gasteiger partial charge in [-0.3, -0.25) is 0 Å². The predicted molar refractivity (Wildman–Crippen MR) is 316 cm³/mol. The van der Waals surface area contributed by atoms with Crippen LogP contribution in [0.3, 0.4) is 0 Å². The first kappa shape index (κ1) is 41.5. The molecule has 0 atom stereocenters. The van der Waals surface area contributed by atoms with Crippen LogP contribution in [0.15, 0.2) is 215 Å². The zero-order valence-corrected chi connectivity index (χ0v) is 41.7. The number of rotatable bonds is 4. The van der Waals surface area contributed by atoms with Crippen LogP contribution in [-0.4, -0.2) is 9.13 Å². The van der Waals surface area contributed by atoms with Crippen molar-refractivity contribution in [1.82, 2.24) is 9.13 Å². The molecule has 0 spiro atoms. The van der Waals surface area contributed by atoms with Gasteiger partial charge >= 0.3 is 0 Å². The Bertz CT molecular complexity index is 5300. The van der Waals surface area contributed by atoms with Crippen LogP contribution in [0.25, 0.3) is 161 Å². The minimum atomic E-state index is 0.381. The molecule has 76 heavy (non-hydrogen) atoms. The smallest absolute Gasteiger partial charge is 0.135 e. The molecule has 0 unspecified atom stereocenters. The summed E-state index contributed by atoms with van der Waals surface area (Å²) in [5.41, 5.74) is 11.8. The fourth-order valence-corrected chi connectivity index (χ4v) is 15.2. The first-order valence-corrected chi connectivity index (χ1v) is 26.8. The van der Waals surface area contributed by atoms with Gasteiger partial charge in [-0.05, 0) is 83.9 Å². The zero-order chi connectivity index (χ0) is 49.9. The minimum Gasteiger partial charge on any atom is -0.456 e. The molecule has 0 saturated heterocycles. The van der Waals surface area contributed by atoms with Crippen LogP contribution < -0.4 is 0 Å². The van der Waals surface area contributed by atoms with Crippen LogP contribution in [0, 0.1) is 22.7 Å². The normalized spacial score (nSPS) is 12.2. The summed E-state index contributed by atoms with van der Waals surface area (Å²) in [7, 11) is 0. The molecule has 8 heteroatoms. The Balaban J connectivity index is 1.13. The van der Waals surface area contributed by atoms with Gasteiger partial charge in [0.25, 0.3) is 0 Å². The highest BCUT2D eigenvalue weighted by molar-refractivity contribution is 7.27. The topological polar surface area (TPSA) is 83.7 Å². The highest BCUT2D eigenvalue weighted by atomic mass is 32.1. The van der Waals surface area contributed by atoms with Crippen LogP contribution in [0.1, 0.15) is 11.1 Å². The lowest BCUT2D eigenvalue weighted by Gasteiger charge is -2.25. The van der Waals surface area contributed by atoms with Crippen LogP contribution in [-0.2, 0) is 0 Å². The van der Waals surface area contributed by atoms with Gasteiger partial charge in [0, 0.05) is 94.6 Å². The number of hydrogen-bond acceptors (Lipinski definition) is 6. The van der Waals surface area contributed by atoms with Gasteiger partial charge in [-0.25, -0.2) is 0 Å². The molecule has 350 valence electrons. The Labute approximate surface area is 439 Å². The summed E-state index contributed by atoms with van der Waals surface area (Å²) >= 11 is 3.60. The quantitative estimate of drug-likeness (QED) is 0.176. The Morgan fingerprint density at radius 1 is 0.329 bits per heavy atom. The summed E-state index contributed by atoms with van der Waals surface area (Å²) in [6.07, 6.45) is 0. The summed E-state index contributed by atoms with van der Waals surface area (Å²) in [6, 6.07) is 77.6. The maximum atomic E-state index is 12.3. The van der Waals surface area contributed by atoms with Gasteiger partial charge in [-0.1, -0.05) is 133 Å². The molecular formula is C68H34N4O2S2. The van der Waals surface area contributed by atoms with Crippen molar-refractivity contribution in [2.24, 2.45) is 0 Å². The van der Waals surface area contributed by atoms with Gasteiger partial charge in [0.15, 0.2) is 0 Å². The first-order valence-electron chi connectivity index (χ1n) is 25.2. The maximum absolute atomic E-state index is 12.3. The van der Waals surface area contributed by atoms with Crippen molar-refractivity contribution >= 4 is 151 Å². The van der Waals surface area contributed by atoms with E-state index in [1.807, 2.05) is 54.6 Å². The zero-order valence-electron chi connectivity index (χ0n) is 40.1. The second-order valence-corrected chi connectivity index (χ2v) is 21.7. The van der Waals surface area contributed by atoms with Crippen LogP contribution >= 0.6 is 22.7 Å². The van der Waals surface area contributed by atoms with Crippen molar-refractivity contribution in [2.45, 2.75) is 0 Å². The lowest BCUT2D eigenvalue weighted by Crippen LogP contribution is -2.11. The summed E-state index contributed by atoms with van der Waals surface area (Å²) in [6.45, 7) is 0. The van der Waals surface area contributed by atoms with Crippen LogP contribution in [0.5, 0.6) is 0 Å². The number of hydrogen-bond donors (Lipinski definition) is 0. The molecule has 6 heterocycles. The number of furan rings is 2. The molecule has 0 aliphatic rings. The molecule has 0 saturated carbocycles. The third-order valence-electron chi connectivity index (χ3n) is 15.8. The molecule has 11 aromatic carbocycles. The van der Waals surface area contributed by atoms with Gasteiger partial charge in [0.2, 0.25) is 0 Å². The van der Waals surface area contributed by atoms with E-state index in [1.54, 1.807) is 22.7 Å². The number of nitriles is 2. The number of para-hydroxylation sites is 4. The van der Waals surface area contributed by atoms with E-state index in [0.717, 1.165) is 104 Å². The molecule has 6 nitrogen and oxygen atoms in total. The molecule has 17 rings (SSSR count). The van der Waals surface area contributed by atoms with Gasteiger partial charge in [-0.15, -0.1) is 22.7 Å². The lowest BCUT2D eigenvalue weighted by molar-refractivity contribution is 0.668. The van der Waals surface area contributed by atoms with Crippen LogP contribution in [0.2, 0.25) is 0 Å². The van der Waals surface area contributed by atoms with E-state index in [1.165, 1.54) is 40.3 Å². The Morgan fingerprint density at radius 2 is 0.724 bits per heavy atom. The lowest BCUT2D eigenvalue weighted by atomic mass is 9.85. The van der Waals surface area contributed by atoms with Gasteiger partial charge < -0.3 is 18.0 Å². The fraction of sp³-hybridized carbons (Fsp3) is 0. The fourth-order valence-electron chi connectivity index (χ4n) is 12.7. The molecule has 6 aromatic heterocycles. The maximum Gasteiger partial charge on any atom is 0.135 e. The van der Waals surface area contributed by atoms with Gasteiger partial charge in [0.05, 0.1) is 44.6 Å². The van der Waals surface area contributed by atoms with Gasteiger partial charge in [-0.2, -0.15) is 10.5 Å². The highest BCUT2D eigenvalue weighted by Gasteiger charge is 2.33. The third kappa shape index (κ3) is 5.45. The van der Waals surface area contributed by atoms with E-state index in [2.05, 4.69) is 173 Å². The molecule has 17 aromatic rings. The summed E-state index contributed by atoms with van der Waals surface area (Å²) < 4.78 is 22.4. The summed E-state index contributed by atoms with van der Waals surface area (Å²) in [5, 5.41) is 37.6. The van der Waals surface area contributed by atoms with Crippen molar-refractivity contribution in [3.63, 3.8) is 0 Å². The van der Waals surface area contributed by atoms with Crippen molar-refractivity contribution in [2.75, 3.05) is 0 Å². The molecular weight excluding hydrogens is 969 g/mol. The largest absolute Gasteiger partial charge is 0.456 e. The third-order valence-corrected chi connectivity index (χ3v) is 18.2. The van der Waals surface area contributed by atoms with E-state index in [9.17, 15) is 10.5 Å². The monoisotopic (exact) mass is 1000 g/mol. The second-order valence-electron chi connectivity index (χ2n) is 19.6. The molecule has 0 aliphatic heterocycles. The molecule has 0 aliphatic carbocycles. The Kier molecular flexibility index (Phi) is 8.36. The molecule has 0 radical (unpaired) electrons. The summed E-state index contributed by atoms with van der Waals surface area (Å²) in [5.74, 6) is 0. The van der Waals surface area contributed by atoms with E-state index < -0.39 is 0 Å². The molecule has 0 fully saturated rings. The SMILES string of the molecule is N#Cc1c(-c2ccc3oc4ccccc4c3c2)c(C#N)c(-n2c3ccccc3c3c4sc5ccccc5c4ccc32)c(-c2ccc3oc4ccccc4c3c2)c1-n1c2ccccc2c2c3sc4ccccc4c3ccc21. The van der Waals surface area contributed by atoms with E-state index in [-0.39, 0.29) is 0 Å². The first-order chi connectivity index (χ1) is 37.6. The van der Waals surface area contributed by atoms with E-state index in [0.29, 0.717) is 28.1 Å². The standard InChI is InChI=1S/C68H34N4O2S2/c69-35-49-61(37-25-31-57-47(33-37)39-13-3-9-21-55(39)73-57)50(36-70)66(72-52-20-8-2-18-46(52)64-54(72)30-28-44-42-16-6-12-24-60(42)76-68(44)64)62(38-26-32-58-48(34-38)40-14-4-10-22-56(40)74-58)65(49)71-51-19-7-1-17-45(51)63-53(71)29-27-43-41-15-5-11-23-59(41)75-67(43)63/h1-34H. The predicted octanol–water partition coefficient (Wildman–Crippen LogP) is 19.5. The van der Waals surface area contributed by atoms with Crippen molar-refractivity contribution < 1.29 is 8.83 Å². The number of aromatic nitrogens is 2.